The van der Waals surface area contributed by atoms with Gasteiger partial charge in [-0.2, -0.15) is 9.40 Å². The Morgan fingerprint density at radius 3 is 2.40 bits per heavy atom. The highest BCUT2D eigenvalue weighted by molar-refractivity contribution is 7.89. The van der Waals surface area contributed by atoms with E-state index in [-0.39, 0.29) is 16.6 Å². The van der Waals surface area contributed by atoms with Crippen molar-refractivity contribution >= 4 is 15.8 Å². The number of ketones is 1. The molecule has 1 saturated heterocycles. The Labute approximate surface area is 177 Å². The molecule has 0 atom stereocenters. The fourth-order valence-electron chi connectivity index (χ4n) is 3.92. The summed E-state index contributed by atoms with van der Waals surface area (Å²) in [6.07, 6.45) is 1.47. The minimum absolute atomic E-state index is 0.0793. The molecule has 1 aliphatic heterocycles. The molecule has 3 aromatic rings. The maximum atomic E-state index is 13.0. The molecule has 0 saturated carbocycles. The minimum atomic E-state index is -3.56. The number of aromatic amines is 1. The predicted molar refractivity (Wildman–Crippen MR) is 116 cm³/mol. The van der Waals surface area contributed by atoms with Crippen LogP contribution in [0, 0.1) is 6.92 Å². The predicted octanol–water partition coefficient (Wildman–Crippen LogP) is 4.16. The maximum absolute atomic E-state index is 13.0. The molecule has 1 aromatic heterocycles. The highest BCUT2D eigenvalue weighted by Crippen LogP contribution is 2.31. The summed E-state index contributed by atoms with van der Waals surface area (Å²) in [5.41, 5.74) is 4.73. The van der Waals surface area contributed by atoms with Crippen molar-refractivity contribution in [3.63, 3.8) is 0 Å². The molecule has 7 heteroatoms. The van der Waals surface area contributed by atoms with Crippen molar-refractivity contribution in [1.29, 1.82) is 0 Å². The third kappa shape index (κ3) is 4.08. The summed E-state index contributed by atoms with van der Waals surface area (Å²) in [6.45, 7) is 4.44. The van der Waals surface area contributed by atoms with Crippen molar-refractivity contribution in [3.05, 3.63) is 71.4 Å². The van der Waals surface area contributed by atoms with Crippen LogP contribution in [0.2, 0.25) is 0 Å². The zero-order valence-corrected chi connectivity index (χ0v) is 17.9. The van der Waals surface area contributed by atoms with Crippen molar-refractivity contribution in [2.24, 2.45) is 0 Å². The topological polar surface area (TPSA) is 83.1 Å². The summed E-state index contributed by atoms with van der Waals surface area (Å²) in [5.74, 6) is 0.173. The fraction of sp³-hybridized carbons (Fsp3) is 0.304. The maximum Gasteiger partial charge on any atom is 0.243 e. The molecule has 2 heterocycles. The average Bonchev–Trinajstić information content (AvgIpc) is 3.24. The van der Waals surface area contributed by atoms with Crippen molar-refractivity contribution in [1.82, 2.24) is 14.5 Å². The number of Topliss-reactive ketones (excluding diaryl/α,β-unsaturated/α-hetero) is 1. The van der Waals surface area contributed by atoms with E-state index in [0.29, 0.717) is 18.7 Å². The summed E-state index contributed by atoms with van der Waals surface area (Å²) in [7, 11) is -3.56. The second kappa shape index (κ2) is 8.16. The monoisotopic (exact) mass is 423 g/mol. The van der Waals surface area contributed by atoms with Gasteiger partial charge in [0.05, 0.1) is 10.6 Å². The van der Waals surface area contributed by atoms with Crippen LogP contribution >= 0.6 is 0 Å². The number of nitrogens with one attached hydrogen (secondary N) is 1. The van der Waals surface area contributed by atoms with Gasteiger partial charge in [-0.05, 0) is 51.0 Å². The third-order valence-electron chi connectivity index (χ3n) is 5.70. The van der Waals surface area contributed by atoms with Crippen LogP contribution in [0.1, 0.15) is 47.3 Å². The van der Waals surface area contributed by atoms with Gasteiger partial charge in [0, 0.05) is 35.8 Å². The van der Waals surface area contributed by atoms with Crippen molar-refractivity contribution in [2.45, 2.75) is 37.5 Å². The normalized spacial score (nSPS) is 15.9. The zero-order chi connectivity index (χ0) is 21.3. The summed E-state index contributed by atoms with van der Waals surface area (Å²) < 4.78 is 27.4. The number of carbonyl (C=O) groups is 1. The molecule has 156 valence electrons. The van der Waals surface area contributed by atoms with Crippen molar-refractivity contribution in [3.8, 4) is 11.3 Å². The number of carbonyl (C=O) groups excluding carboxylic acids is 1. The molecule has 1 fully saturated rings. The van der Waals surface area contributed by atoms with Gasteiger partial charge in [0.1, 0.15) is 0 Å². The summed E-state index contributed by atoms with van der Waals surface area (Å²) in [6, 6.07) is 16.5. The van der Waals surface area contributed by atoms with E-state index in [9.17, 15) is 13.2 Å². The summed E-state index contributed by atoms with van der Waals surface area (Å²) in [5, 5.41) is 7.60. The molecule has 0 aliphatic carbocycles. The van der Waals surface area contributed by atoms with Gasteiger partial charge in [0.2, 0.25) is 10.0 Å². The van der Waals surface area contributed by atoms with E-state index in [1.165, 1.54) is 28.9 Å². The molecule has 0 radical (unpaired) electrons. The van der Waals surface area contributed by atoms with E-state index in [1.807, 2.05) is 12.1 Å². The minimum Gasteiger partial charge on any atom is -0.295 e. The first-order chi connectivity index (χ1) is 14.3. The molecule has 1 aliphatic rings. The summed E-state index contributed by atoms with van der Waals surface area (Å²) in [4.78, 5) is 11.7. The van der Waals surface area contributed by atoms with Gasteiger partial charge in [-0.3, -0.25) is 9.89 Å². The van der Waals surface area contributed by atoms with E-state index in [2.05, 4.69) is 35.3 Å². The first-order valence-corrected chi connectivity index (χ1v) is 11.5. The molecular formula is C23H25N3O3S. The number of benzene rings is 2. The van der Waals surface area contributed by atoms with Crippen LogP contribution in [0.3, 0.4) is 0 Å². The first-order valence-electron chi connectivity index (χ1n) is 10.1. The molecule has 4 rings (SSSR count). The van der Waals surface area contributed by atoms with Crippen LogP contribution in [-0.4, -0.2) is 41.8 Å². The molecule has 1 N–H and O–H groups in total. The van der Waals surface area contributed by atoms with Crippen LogP contribution in [0.5, 0.6) is 0 Å². The Balaban J connectivity index is 1.44. The number of aromatic nitrogens is 2. The van der Waals surface area contributed by atoms with E-state index >= 15 is 0 Å². The van der Waals surface area contributed by atoms with Gasteiger partial charge in [0.15, 0.2) is 5.78 Å². The number of piperidine rings is 1. The second-order valence-electron chi connectivity index (χ2n) is 7.84. The Hall–Kier alpha value is -2.77. The van der Waals surface area contributed by atoms with E-state index in [1.54, 1.807) is 12.1 Å². The van der Waals surface area contributed by atoms with Crippen LogP contribution < -0.4 is 0 Å². The fourth-order valence-corrected chi connectivity index (χ4v) is 5.39. The second-order valence-corrected chi connectivity index (χ2v) is 9.77. The highest BCUT2D eigenvalue weighted by Gasteiger charge is 2.30. The molecule has 0 amide bonds. The van der Waals surface area contributed by atoms with Crippen molar-refractivity contribution in [2.75, 3.05) is 13.1 Å². The Morgan fingerprint density at radius 2 is 1.77 bits per heavy atom. The van der Waals surface area contributed by atoms with Crippen LogP contribution in [0.4, 0.5) is 0 Å². The molecule has 6 nitrogen and oxygen atoms in total. The number of H-pyrrole nitrogens is 1. The third-order valence-corrected chi connectivity index (χ3v) is 7.62. The molecule has 2 aromatic carbocycles. The molecule has 0 spiro atoms. The number of aryl methyl sites for hydroxylation is 1. The Bertz CT molecular complexity index is 1160. The lowest BCUT2D eigenvalue weighted by atomic mass is 9.94. The molecular weight excluding hydrogens is 398 g/mol. The quantitative estimate of drug-likeness (QED) is 0.625. The van der Waals surface area contributed by atoms with Gasteiger partial charge in [-0.25, -0.2) is 8.42 Å². The summed E-state index contributed by atoms with van der Waals surface area (Å²) >= 11 is 0. The first kappa shape index (κ1) is 20.5. The highest BCUT2D eigenvalue weighted by atomic mass is 32.2. The largest absolute Gasteiger partial charge is 0.295 e. The number of nitrogens with zero attached hydrogens (tertiary/aromatic N) is 2. The van der Waals surface area contributed by atoms with Gasteiger partial charge in [-0.15, -0.1) is 0 Å². The van der Waals surface area contributed by atoms with Gasteiger partial charge in [-0.1, -0.05) is 35.9 Å². The molecule has 0 bridgehead atoms. The van der Waals surface area contributed by atoms with E-state index in [0.717, 1.165) is 29.8 Å². The SMILES string of the molecule is CC(=O)c1ccc(S(=O)(=O)N2CCC(c3cc(-c4cccc(C)c4)n[nH]3)CC2)cc1. The Kier molecular flexibility index (Phi) is 5.58. The Morgan fingerprint density at radius 1 is 1.07 bits per heavy atom. The standard InChI is InChI=1S/C23H25N3O3S/c1-16-4-3-5-20(14-16)23-15-22(24-25-23)19-10-12-26(13-11-19)30(28,29)21-8-6-18(7-9-21)17(2)27/h3-9,14-15,19H,10-13H2,1-2H3,(H,24,25). The number of sulfonamides is 1. The molecule has 30 heavy (non-hydrogen) atoms. The lowest BCUT2D eigenvalue weighted by Crippen LogP contribution is -2.37. The van der Waals surface area contributed by atoms with Crippen LogP contribution in [-0.2, 0) is 10.0 Å². The number of hydrogen-bond acceptors (Lipinski definition) is 4. The van der Waals surface area contributed by atoms with Crippen molar-refractivity contribution < 1.29 is 13.2 Å². The molecule has 0 unspecified atom stereocenters. The smallest absolute Gasteiger partial charge is 0.243 e. The average molecular weight is 424 g/mol. The van der Waals surface area contributed by atoms with Gasteiger partial charge in [0.25, 0.3) is 0 Å². The number of hydrogen-bond donors (Lipinski definition) is 1. The lowest BCUT2D eigenvalue weighted by Gasteiger charge is -2.30. The van der Waals surface area contributed by atoms with Gasteiger partial charge >= 0.3 is 0 Å². The van der Waals surface area contributed by atoms with E-state index in [4.69, 9.17) is 0 Å². The van der Waals surface area contributed by atoms with Crippen LogP contribution in [0.15, 0.2) is 59.5 Å². The number of rotatable bonds is 5. The van der Waals surface area contributed by atoms with E-state index < -0.39 is 10.0 Å². The zero-order valence-electron chi connectivity index (χ0n) is 17.1. The van der Waals surface area contributed by atoms with Gasteiger partial charge < -0.3 is 0 Å². The van der Waals surface area contributed by atoms with Crippen LogP contribution in [0.25, 0.3) is 11.3 Å². The lowest BCUT2D eigenvalue weighted by molar-refractivity contribution is 0.101.